The number of aromatic nitrogens is 4. The molecule has 3 aromatic rings. The van der Waals surface area contributed by atoms with Crippen LogP contribution in [0.3, 0.4) is 0 Å². The summed E-state index contributed by atoms with van der Waals surface area (Å²) in [6.45, 7) is 4.13. The summed E-state index contributed by atoms with van der Waals surface area (Å²) in [6, 6.07) is 5.48. The van der Waals surface area contributed by atoms with E-state index in [1.807, 2.05) is 12.1 Å². The van der Waals surface area contributed by atoms with Crippen molar-refractivity contribution in [3.63, 3.8) is 0 Å². The molecule has 7 heteroatoms. The second-order valence-corrected chi connectivity index (χ2v) is 6.05. The second-order valence-electron chi connectivity index (χ2n) is 4.66. The molecule has 0 fully saturated rings. The Kier molecular flexibility index (Phi) is 3.35. The topological polar surface area (TPSA) is 52.3 Å². The SMILES string of the molecule is COc1ccc(Cl)cc1-c1nn2c(C(C)C)nnc2s1. The van der Waals surface area contributed by atoms with Gasteiger partial charge in [-0.1, -0.05) is 36.8 Å². The van der Waals surface area contributed by atoms with Gasteiger partial charge in [0.15, 0.2) is 10.8 Å². The van der Waals surface area contributed by atoms with Gasteiger partial charge in [-0.25, -0.2) is 0 Å². The molecule has 0 aliphatic heterocycles. The summed E-state index contributed by atoms with van der Waals surface area (Å²) < 4.78 is 7.15. The molecule has 0 amide bonds. The molecule has 0 aliphatic rings. The highest BCUT2D eigenvalue weighted by Gasteiger charge is 2.17. The maximum absolute atomic E-state index is 6.06. The van der Waals surface area contributed by atoms with E-state index in [-0.39, 0.29) is 5.92 Å². The molecule has 0 bridgehead atoms. The first-order chi connectivity index (χ1) is 9.60. The fourth-order valence-corrected chi connectivity index (χ4v) is 2.99. The molecule has 3 rings (SSSR count). The molecule has 1 aromatic carbocycles. The van der Waals surface area contributed by atoms with Crippen molar-refractivity contribution in [2.45, 2.75) is 19.8 Å². The highest BCUT2D eigenvalue weighted by Crippen LogP contribution is 2.35. The molecule has 2 aromatic heterocycles. The van der Waals surface area contributed by atoms with Gasteiger partial charge >= 0.3 is 0 Å². The molecule has 0 N–H and O–H groups in total. The van der Waals surface area contributed by atoms with Crippen LogP contribution in [0.4, 0.5) is 0 Å². The number of nitrogens with zero attached hydrogens (tertiary/aromatic N) is 4. The van der Waals surface area contributed by atoms with Crippen molar-refractivity contribution in [1.29, 1.82) is 0 Å². The van der Waals surface area contributed by atoms with Gasteiger partial charge in [0.25, 0.3) is 0 Å². The zero-order valence-electron chi connectivity index (χ0n) is 11.3. The predicted molar refractivity (Wildman–Crippen MR) is 79.7 cm³/mol. The van der Waals surface area contributed by atoms with E-state index < -0.39 is 0 Å². The van der Waals surface area contributed by atoms with Gasteiger partial charge in [-0.15, -0.1) is 10.2 Å². The van der Waals surface area contributed by atoms with E-state index in [0.717, 1.165) is 27.1 Å². The van der Waals surface area contributed by atoms with Crippen LogP contribution in [0.5, 0.6) is 5.75 Å². The molecule has 0 radical (unpaired) electrons. The molecule has 0 atom stereocenters. The lowest BCUT2D eigenvalue weighted by atomic mass is 10.2. The van der Waals surface area contributed by atoms with Crippen LogP contribution in [0.2, 0.25) is 5.02 Å². The van der Waals surface area contributed by atoms with Gasteiger partial charge in [0.05, 0.1) is 12.7 Å². The molecule has 2 heterocycles. The summed E-state index contributed by atoms with van der Waals surface area (Å²) in [6.07, 6.45) is 0. The molecule has 0 saturated heterocycles. The zero-order valence-corrected chi connectivity index (χ0v) is 12.9. The van der Waals surface area contributed by atoms with Crippen LogP contribution in [0.25, 0.3) is 15.5 Å². The Balaban J connectivity index is 2.17. The quantitative estimate of drug-likeness (QED) is 0.741. The Labute approximate surface area is 125 Å². The molecule has 104 valence electrons. The zero-order chi connectivity index (χ0) is 14.3. The summed E-state index contributed by atoms with van der Waals surface area (Å²) in [5.74, 6) is 1.86. The van der Waals surface area contributed by atoms with Gasteiger partial charge in [0.1, 0.15) is 5.75 Å². The van der Waals surface area contributed by atoms with Crippen molar-refractivity contribution in [2.24, 2.45) is 0 Å². The molecular formula is C13H13ClN4OS. The van der Waals surface area contributed by atoms with Crippen LogP contribution in [0, 0.1) is 0 Å². The summed E-state index contributed by atoms with van der Waals surface area (Å²) in [5.41, 5.74) is 0.866. The number of hydrogen-bond acceptors (Lipinski definition) is 5. The molecule has 0 aliphatic carbocycles. The minimum absolute atomic E-state index is 0.265. The van der Waals surface area contributed by atoms with Gasteiger partial charge in [-0.2, -0.15) is 9.61 Å². The Bertz CT molecular complexity index is 765. The summed E-state index contributed by atoms with van der Waals surface area (Å²) >= 11 is 7.53. The third-order valence-corrected chi connectivity index (χ3v) is 4.09. The minimum Gasteiger partial charge on any atom is -0.496 e. The molecule has 0 saturated carbocycles. The van der Waals surface area contributed by atoms with E-state index in [2.05, 4.69) is 29.1 Å². The van der Waals surface area contributed by atoms with Crippen LogP contribution < -0.4 is 4.74 Å². The average Bonchev–Trinajstić information content (AvgIpc) is 2.97. The van der Waals surface area contributed by atoms with Crippen molar-refractivity contribution in [3.05, 3.63) is 29.0 Å². The lowest BCUT2D eigenvalue weighted by Crippen LogP contribution is -1.98. The van der Waals surface area contributed by atoms with Crippen LogP contribution in [-0.2, 0) is 0 Å². The number of halogens is 1. The summed E-state index contributed by atoms with van der Waals surface area (Å²) in [7, 11) is 1.63. The van der Waals surface area contributed by atoms with Crippen LogP contribution in [0.1, 0.15) is 25.6 Å². The largest absolute Gasteiger partial charge is 0.496 e. The molecular weight excluding hydrogens is 296 g/mol. The van der Waals surface area contributed by atoms with E-state index in [1.54, 1.807) is 17.7 Å². The van der Waals surface area contributed by atoms with Gasteiger partial charge in [0, 0.05) is 10.9 Å². The Morgan fingerprint density at radius 1 is 1.30 bits per heavy atom. The lowest BCUT2D eigenvalue weighted by molar-refractivity contribution is 0.416. The normalized spacial score (nSPS) is 11.4. The average molecular weight is 309 g/mol. The minimum atomic E-state index is 0.265. The summed E-state index contributed by atoms with van der Waals surface area (Å²) in [4.78, 5) is 0.769. The Morgan fingerprint density at radius 3 is 2.80 bits per heavy atom. The third kappa shape index (κ3) is 2.14. The van der Waals surface area contributed by atoms with Crippen molar-refractivity contribution >= 4 is 27.9 Å². The van der Waals surface area contributed by atoms with Crippen LogP contribution in [-0.4, -0.2) is 26.9 Å². The highest BCUT2D eigenvalue weighted by molar-refractivity contribution is 7.19. The number of benzene rings is 1. The fourth-order valence-electron chi connectivity index (χ4n) is 1.95. The van der Waals surface area contributed by atoms with Gasteiger partial charge in [-0.05, 0) is 18.2 Å². The number of fused-ring (bicyclic) bond motifs is 1. The predicted octanol–water partition coefficient (Wildman–Crippen LogP) is 3.64. The standard InChI is InChI=1S/C13H13ClN4OS/c1-7(2)11-15-16-13-18(11)17-12(20-13)9-6-8(14)4-5-10(9)19-3/h4-7H,1-3H3. The lowest BCUT2D eigenvalue weighted by Gasteiger charge is -2.05. The Morgan fingerprint density at radius 2 is 2.10 bits per heavy atom. The monoisotopic (exact) mass is 308 g/mol. The van der Waals surface area contributed by atoms with Crippen molar-refractivity contribution in [2.75, 3.05) is 7.11 Å². The van der Waals surface area contributed by atoms with E-state index >= 15 is 0 Å². The number of rotatable bonds is 3. The maximum atomic E-state index is 6.06. The van der Waals surface area contributed by atoms with Gasteiger partial charge in [0.2, 0.25) is 4.96 Å². The highest BCUT2D eigenvalue weighted by atomic mass is 35.5. The molecule has 20 heavy (non-hydrogen) atoms. The first-order valence-electron chi connectivity index (χ1n) is 6.16. The molecule has 0 unspecified atom stereocenters. The number of ether oxygens (including phenoxy) is 1. The van der Waals surface area contributed by atoms with E-state index in [9.17, 15) is 0 Å². The third-order valence-electron chi connectivity index (χ3n) is 2.92. The maximum Gasteiger partial charge on any atom is 0.234 e. The molecule has 0 spiro atoms. The van der Waals surface area contributed by atoms with Crippen LogP contribution in [0.15, 0.2) is 18.2 Å². The van der Waals surface area contributed by atoms with Gasteiger partial charge in [-0.3, -0.25) is 0 Å². The van der Waals surface area contributed by atoms with Crippen LogP contribution >= 0.6 is 22.9 Å². The number of hydrogen-bond donors (Lipinski definition) is 0. The second kappa shape index (κ2) is 5.03. The molecule has 5 nitrogen and oxygen atoms in total. The smallest absolute Gasteiger partial charge is 0.234 e. The van der Waals surface area contributed by atoms with Gasteiger partial charge < -0.3 is 4.74 Å². The summed E-state index contributed by atoms with van der Waals surface area (Å²) in [5, 5.41) is 14.4. The Hall–Kier alpha value is -1.66. The van der Waals surface area contributed by atoms with Crippen molar-refractivity contribution < 1.29 is 4.74 Å². The van der Waals surface area contributed by atoms with Crippen molar-refractivity contribution in [3.8, 4) is 16.3 Å². The fraction of sp³-hybridized carbons (Fsp3) is 0.308. The first-order valence-corrected chi connectivity index (χ1v) is 7.35. The van der Waals surface area contributed by atoms with E-state index in [1.165, 1.54) is 11.3 Å². The van der Waals surface area contributed by atoms with E-state index in [0.29, 0.717) is 5.02 Å². The van der Waals surface area contributed by atoms with Crippen molar-refractivity contribution in [1.82, 2.24) is 19.8 Å². The van der Waals surface area contributed by atoms with E-state index in [4.69, 9.17) is 16.3 Å². The number of methoxy groups -OCH3 is 1. The first kappa shape index (κ1) is 13.3.